The summed E-state index contributed by atoms with van der Waals surface area (Å²) in [5.41, 5.74) is 0.194. The van der Waals surface area contributed by atoms with Crippen LogP contribution in [-0.4, -0.2) is 117 Å². The Morgan fingerprint density at radius 2 is 1.73 bits per heavy atom. The minimum atomic E-state index is -1.61. The van der Waals surface area contributed by atoms with Crippen LogP contribution in [0.3, 0.4) is 0 Å². The summed E-state index contributed by atoms with van der Waals surface area (Å²) in [6.45, 7) is 8.56. The van der Waals surface area contributed by atoms with E-state index in [9.17, 15) is 45.0 Å². The number of aliphatic hydroxyl groups is 5. The molecule has 0 spiro atoms. The number of rotatable bonds is 11. The van der Waals surface area contributed by atoms with E-state index in [0.717, 1.165) is 0 Å². The molecule has 14 heteroatoms. The normalized spacial score (nSPS) is 37.1. The highest BCUT2D eigenvalue weighted by atomic mass is 16.7. The fourth-order valence-corrected chi connectivity index (χ4v) is 7.88. The average Bonchev–Trinajstić information content (AvgIpc) is 3.36. The predicted octanol–water partition coefficient (Wildman–Crippen LogP) is 0.516. The lowest BCUT2D eigenvalue weighted by Gasteiger charge is -2.55. The lowest BCUT2D eigenvalue weighted by atomic mass is 9.52. The van der Waals surface area contributed by atoms with E-state index in [1.165, 1.54) is 12.1 Å². The van der Waals surface area contributed by atoms with E-state index < -0.39 is 96.9 Å². The molecule has 2 aliphatic carbocycles. The molecule has 14 nitrogen and oxygen atoms in total. The van der Waals surface area contributed by atoms with Crippen LogP contribution in [0, 0.1) is 29.1 Å². The van der Waals surface area contributed by atoms with Gasteiger partial charge in [-0.25, -0.2) is 14.4 Å². The number of hydrogen-bond acceptors (Lipinski definition) is 14. The van der Waals surface area contributed by atoms with Crippen LogP contribution >= 0.6 is 0 Å². The molecule has 2 saturated heterocycles. The molecule has 5 rings (SSSR count). The molecule has 0 bridgehead atoms. The fraction of sp³-hybridized carbons (Fsp3) is 0.686. The van der Waals surface area contributed by atoms with Crippen molar-refractivity contribution in [1.29, 1.82) is 0 Å². The van der Waals surface area contributed by atoms with Crippen molar-refractivity contribution >= 4 is 17.9 Å². The van der Waals surface area contributed by atoms with Crippen molar-refractivity contribution in [2.75, 3.05) is 13.2 Å². The summed E-state index contributed by atoms with van der Waals surface area (Å²) >= 11 is 0. The van der Waals surface area contributed by atoms with Crippen LogP contribution in [0.15, 0.2) is 36.4 Å². The molecule has 4 fully saturated rings. The fourth-order valence-electron chi connectivity index (χ4n) is 7.88. The molecule has 6 N–H and O–H groups in total. The number of benzene rings is 1. The molecule has 2 heterocycles. The first kappa shape index (κ1) is 37.2. The molecule has 0 aromatic heterocycles. The molecule has 3 unspecified atom stereocenters. The third-order valence-corrected chi connectivity index (χ3v) is 10.8. The number of phenolic OH excluding ortho intramolecular Hbond substituents is 1. The molecule has 1 aromatic carbocycles. The van der Waals surface area contributed by atoms with Crippen molar-refractivity contribution in [3.05, 3.63) is 42.0 Å². The van der Waals surface area contributed by atoms with Gasteiger partial charge >= 0.3 is 17.9 Å². The minimum absolute atomic E-state index is 0.00889. The van der Waals surface area contributed by atoms with Gasteiger partial charge in [0.25, 0.3) is 0 Å². The third-order valence-electron chi connectivity index (χ3n) is 10.8. The van der Waals surface area contributed by atoms with Gasteiger partial charge in [-0.1, -0.05) is 39.5 Å². The maximum Gasteiger partial charge on any atom is 0.348 e. The van der Waals surface area contributed by atoms with Gasteiger partial charge in [0.1, 0.15) is 42.4 Å². The Morgan fingerprint density at radius 3 is 2.39 bits per heavy atom. The van der Waals surface area contributed by atoms with Crippen LogP contribution < -0.4 is 0 Å². The minimum Gasteiger partial charge on any atom is -0.508 e. The van der Waals surface area contributed by atoms with E-state index >= 15 is 0 Å². The standard InChI is InChI=1S/C35H48O14/c1-16(2)26(38)33(44)46-22(13-18-5-8-20(37)9-6-18)32(43)48-24-10-7-19(15-45-34-29(41)28(40)27(39)23(14-36)47-34)25-30-21(11-12-35(24,25)4)17(3)31(42)49-30/h5-6,8-9,16,19,21-30,34,36-41H,3,7,10-15H2,1-2,4H3/t19?,21-,22?,23+,24+,25+,26?,27+,28-,29+,30-,34+,35-/m0/s1. The van der Waals surface area contributed by atoms with Gasteiger partial charge in [0, 0.05) is 29.2 Å². The second-order valence-electron chi connectivity index (χ2n) is 14.4. The summed E-state index contributed by atoms with van der Waals surface area (Å²) in [7, 11) is 0. The molecule has 0 amide bonds. The summed E-state index contributed by atoms with van der Waals surface area (Å²) in [6.07, 6.45) is -9.61. The average molecular weight is 693 g/mol. The SMILES string of the molecule is C=C1C(=O)O[C@@H]2[C@H]3C(CO[C@@H]4O[C@H](CO)[C@@H](O)[C@H](O)[C@H]4O)CC[C@@H](OC(=O)C(Cc4ccc(O)cc4)OC(=O)C(O)C(C)C)[C@]3(C)CC[C@@H]12. The molecular weight excluding hydrogens is 644 g/mol. The van der Waals surface area contributed by atoms with E-state index in [1.54, 1.807) is 26.0 Å². The molecule has 2 saturated carbocycles. The van der Waals surface area contributed by atoms with E-state index in [0.29, 0.717) is 36.8 Å². The zero-order valence-electron chi connectivity index (χ0n) is 27.9. The Labute approximate surface area is 284 Å². The van der Waals surface area contributed by atoms with Crippen LogP contribution in [0.2, 0.25) is 0 Å². The van der Waals surface area contributed by atoms with Gasteiger partial charge in [-0.3, -0.25) is 0 Å². The first-order chi connectivity index (χ1) is 23.2. The van der Waals surface area contributed by atoms with Gasteiger partial charge in [-0.05, 0) is 55.2 Å². The Kier molecular flexibility index (Phi) is 11.4. The molecule has 272 valence electrons. The highest BCUT2D eigenvalue weighted by Crippen LogP contribution is 2.58. The monoisotopic (exact) mass is 692 g/mol. The summed E-state index contributed by atoms with van der Waals surface area (Å²) in [5.74, 6) is -3.70. The summed E-state index contributed by atoms with van der Waals surface area (Å²) < 4.78 is 29.1. The highest BCUT2D eigenvalue weighted by Gasteiger charge is 2.61. The van der Waals surface area contributed by atoms with Crippen molar-refractivity contribution in [2.24, 2.45) is 29.1 Å². The predicted molar refractivity (Wildman–Crippen MR) is 168 cm³/mol. The number of aromatic hydroxyl groups is 1. The zero-order chi connectivity index (χ0) is 35.8. The first-order valence-electron chi connectivity index (χ1n) is 16.8. The molecule has 1 aromatic rings. The van der Waals surface area contributed by atoms with Crippen LogP contribution in [0.5, 0.6) is 5.75 Å². The molecular formula is C35H48O14. The Morgan fingerprint density at radius 1 is 1.04 bits per heavy atom. The maximum atomic E-state index is 13.9. The van der Waals surface area contributed by atoms with Gasteiger partial charge in [-0.15, -0.1) is 0 Å². The lowest BCUT2D eigenvalue weighted by molar-refractivity contribution is -0.306. The molecule has 4 aliphatic rings. The van der Waals surface area contributed by atoms with Crippen molar-refractivity contribution in [2.45, 2.75) is 108 Å². The van der Waals surface area contributed by atoms with E-state index in [1.807, 2.05) is 6.92 Å². The van der Waals surface area contributed by atoms with Crippen molar-refractivity contribution in [3.8, 4) is 5.75 Å². The van der Waals surface area contributed by atoms with Crippen molar-refractivity contribution < 1.29 is 68.7 Å². The molecule has 49 heavy (non-hydrogen) atoms. The first-order valence-corrected chi connectivity index (χ1v) is 16.8. The Hall–Kier alpha value is -3.11. The van der Waals surface area contributed by atoms with Gasteiger partial charge in [0.05, 0.1) is 13.2 Å². The molecule has 2 aliphatic heterocycles. The maximum absolute atomic E-state index is 13.9. The quantitative estimate of drug-likeness (QED) is 0.106. The zero-order valence-corrected chi connectivity index (χ0v) is 27.9. The number of ether oxygens (including phenoxy) is 5. The van der Waals surface area contributed by atoms with Crippen LogP contribution in [0.25, 0.3) is 0 Å². The second kappa shape index (κ2) is 15.0. The number of esters is 3. The number of carbonyl (C=O) groups is 3. The van der Waals surface area contributed by atoms with Gasteiger partial charge in [0.15, 0.2) is 12.4 Å². The van der Waals surface area contributed by atoms with Crippen LogP contribution in [0.4, 0.5) is 0 Å². The number of aliphatic hydroxyl groups excluding tert-OH is 5. The highest BCUT2D eigenvalue weighted by molar-refractivity contribution is 5.91. The third kappa shape index (κ3) is 7.51. The summed E-state index contributed by atoms with van der Waals surface area (Å²) in [4.78, 5) is 39.4. The van der Waals surface area contributed by atoms with Crippen LogP contribution in [0.1, 0.15) is 52.0 Å². The Balaban J connectivity index is 1.37. The number of carbonyl (C=O) groups excluding carboxylic acids is 3. The Bertz CT molecular complexity index is 1360. The second-order valence-corrected chi connectivity index (χ2v) is 14.4. The van der Waals surface area contributed by atoms with E-state index in [4.69, 9.17) is 23.7 Å². The van der Waals surface area contributed by atoms with Crippen molar-refractivity contribution in [1.82, 2.24) is 0 Å². The van der Waals surface area contributed by atoms with Crippen LogP contribution in [-0.2, 0) is 44.5 Å². The molecule has 0 radical (unpaired) electrons. The van der Waals surface area contributed by atoms with E-state index in [-0.39, 0.29) is 30.6 Å². The topological polar surface area (TPSA) is 219 Å². The number of hydrogen-bond donors (Lipinski definition) is 6. The van der Waals surface area contributed by atoms with Gasteiger partial charge in [0.2, 0.25) is 6.10 Å². The lowest BCUT2D eigenvalue weighted by Crippen LogP contribution is -2.60. The van der Waals surface area contributed by atoms with Gasteiger partial charge < -0.3 is 54.3 Å². The molecule has 13 atom stereocenters. The van der Waals surface area contributed by atoms with Crippen molar-refractivity contribution in [3.63, 3.8) is 0 Å². The smallest absolute Gasteiger partial charge is 0.348 e. The number of phenols is 1. The van der Waals surface area contributed by atoms with Gasteiger partial charge in [-0.2, -0.15) is 0 Å². The summed E-state index contributed by atoms with van der Waals surface area (Å²) in [5, 5.41) is 60.6. The van der Waals surface area contributed by atoms with E-state index in [2.05, 4.69) is 6.58 Å². The largest absolute Gasteiger partial charge is 0.508 e. The number of fused-ring (bicyclic) bond motifs is 3. The summed E-state index contributed by atoms with van der Waals surface area (Å²) in [6, 6.07) is 6.06.